The number of nitrogens with zero attached hydrogens (tertiary/aromatic N) is 3. The molecule has 0 fully saturated rings. The van der Waals surface area contributed by atoms with Crippen molar-refractivity contribution in [2.24, 2.45) is 0 Å². The predicted octanol–water partition coefficient (Wildman–Crippen LogP) is 2.87. The molecule has 1 aromatic carbocycles. The second-order valence-electron chi connectivity index (χ2n) is 5.31. The highest BCUT2D eigenvalue weighted by atomic mass is 16.6. The Bertz CT molecular complexity index is 870. The van der Waals surface area contributed by atoms with E-state index in [9.17, 15) is 14.9 Å². The van der Waals surface area contributed by atoms with Gasteiger partial charge >= 0.3 is 5.88 Å². The molecule has 2 aromatic heterocycles. The van der Waals surface area contributed by atoms with Crippen LogP contribution in [0.5, 0.6) is 0 Å². The van der Waals surface area contributed by atoms with E-state index in [1.54, 1.807) is 6.20 Å². The van der Waals surface area contributed by atoms with Crippen LogP contribution >= 0.6 is 0 Å². The van der Waals surface area contributed by atoms with Crippen LogP contribution in [0.25, 0.3) is 11.4 Å². The second-order valence-corrected chi connectivity index (χ2v) is 5.31. The van der Waals surface area contributed by atoms with Crippen molar-refractivity contribution in [2.45, 2.75) is 13.0 Å². The molecular formula is C17H16N4O4. The number of furan rings is 1. The lowest BCUT2D eigenvalue weighted by molar-refractivity contribution is -0.402. The first-order valence-electron chi connectivity index (χ1n) is 7.74. The summed E-state index contributed by atoms with van der Waals surface area (Å²) < 4.78 is 6.87. The summed E-state index contributed by atoms with van der Waals surface area (Å²) in [4.78, 5) is 26.1. The van der Waals surface area contributed by atoms with Gasteiger partial charge in [0.2, 0.25) is 0 Å². The summed E-state index contributed by atoms with van der Waals surface area (Å²) in [5.41, 5.74) is 1.03. The summed E-state index contributed by atoms with van der Waals surface area (Å²) in [6, 6.07) is 12.3. The van der Waals surface area contributed by atoms with Crippen LogP contribution in [0.15, 0.2) is 59.3 Å². The summed E-state index contributed by atoms with van der Waals surface area (Å²) in [7, 11) is 0. The van der Waals surface area contributed by atoms with E-state index in [1.807, 2.05) is 41.1 Å². The minimum Gasteiger partial charge on any atom is -0.395 e. The van der Waals surface area contributed by atoms with Gasteiger partial charge in [0.05, 0.1) is 6.07 Å². The molecule has 8 nitrogen and oxygen atoms in total. The summed E-state index contributed by atoms with van der Waals surface area (Å²) in [6.07, 6.45) is 4.31. The van der Waals surface area contributed by atoms with E-state index in [-0.39, 0.29) is 5.76 Å². The molecule has 0 atom stereocenters. The molecular weight excluding hydrogens is 324 g/mol. The van der Waals surface area contributed by atoms with Gasteiger partial charge in [0.25, 0.3) is 5.91 Å². The Labute approximate surface area is 143 Å². The van der Waals surface area contributed by atoms with E-state index < -0.39 is 16.7 Å². The zero-order chi connectivity index (χ0) is 17.6. The van der Waals surface area contributed by atoms with Crippen LogP contribution in [-0.2, 0) is 6.54 Å². The van der Waals surface area contributed by atoms with Crippen molar-refractivity contribution in [3.05, 3.63) is 70.7 Å². The largest absolute Gasteiger partial charge is 0.433 e. The average Bonchev–Trinajstić information content (AvgIpc) is 3.29. The van der Waals surface area contributed by atoms with Gasteiger partial charge in [0, 0.05) is 31.0 Å². The number of rotatable bonds is 7. The SMILES string of the molecule is O=C(NCCCn1ccnc1-c1ccccc1)c1ccc([N+](=O)[O-])o1. The third-order valence-corrected chi connectivity index (χ3v) is 3.60. The maximum atomic E-state index is 11.9. The molecule has 3 aromatic rings. The molecule has 2 heterocycles. The van der Waals surface area contributed by atoms with Crippen molar-refractivity contribution in [1.29, 1.82) is 0 Å². The van der Waals surface area contributed by atoms with Crippen molar-refractivity contribution in [3.63, 3.8) is 0 Å². The Kier molecular flexibility index (Phi) is 4.89. The van der Waals surface area contributed by atoms with E-state index in [4.69, 9.17) is 4.42 Å². The molecule has 0 spiro atoms. The molecule has 0 aliphatic heterocycles. The molecule has 0 aliphatic rings. The van der Waals surface area contributed by atoms with Gasteiger partial charge in [-0.3, -0.25) is 14.9 Å². The van der Waals surface area contributed by atoms with E-state index in [2.05, 4.69) is 10.3 Å². The standard InChI is InChI=1S/C17H16N4O4/c22-17(14-7-8-15(25-14)21(23)24)19-9-4-11-20-12-10-18-16(20)13-5-2-1-3-6-13/h1-3,5-8,10,12H,4,9,11H2,(H,19,22). The molecule has 1 amide bonds. The van der Waals surface area contributed by atoms with Crippen molar-refractivity contribution < 1.29 is 14.1 Å². The van der Waals surface area contributed by atoms with Crippen molar-refractivity contribution >= 4 is 11.8 Å². The lowest BCUT2D eigenvalue weighted by Crippen LogP contribution is -2.24. The van der Waals surface area contributed by atoms with Crippen molar-refractivity contribution in [1.82, 2.24) is 14.9 Å². The van der Waals surface area contributed by atoms with Gasteiger partial charge < -0.3 is 14.3 Å². The number of carbonyl (C=O) groups excluding carboxylic acids is 1. The second kappa shape index (κ2) is 7.43. The molecule has 0 aliphatic carbocycles. The van der Waals surface area contributed by atoms with Crippen LogP contribution in [0, 0.1) is 10.1 Å². The van der Waals surface area contributed by atoms with Crippen LogP contribution in [0.3, 0.4) is 0 Å². The Morgan fingerprint density at radius 2 is 2.04 bits per heavy atom. The van der Waals surface area contributed by atoms with E-state index in [1.165, 1.54) is 6.07 Å². The quantitative estimate of drug-likeness (QED) is 0.405. The van der Waals surface area contributed by atoms with Crippen molar-refractivity contribution in [2.75, 3.05) is 6.54 Å². The summed E-state index contributed by atoms with van der Waals surface area (Å²) in [5, 5.41) is 13.2. The Morgan fingerprint density at radius 1 is 1.24 bits per heavy atom. The molecule has 0 radical (unpaired) electrons. The number of amides is 1. The van der Waals surface area contributed by atoms with Gasteiger partial charge in [-0.05, 0) is 12.5 Å². The molecule has 25 heavy (non-hydrogen) atoms. The number of imidazole rings is 1. The molecule has 0 saturated carbocycles. The first-order valence-corrected chi connectivity index (χ1v) is 7.74. The number of nitro groups is 1. The average molecular weight is 340 g/mol. The zero-order valence-corrected chi connectivity index (χ0v) is 13.3. The maximum absolute atomic E-state index is 11.9. The Morgan fingerprint density at radius 3 is 2.76 bits per heavy atom. The van der Waals surface area contributed by atoms with Crippen LogP contribution in [-0.4, -0.2) is 26.9 Å². The maximum Gasteiger partial charge on any atom is 0.433 e. The molecule has 3 rings (SSSR count). The van der Waals surface area contributed by atoms with Crippen LogP contribution < -0.4 is 5.32 Å². The fourth-order valence-electron chi connectivity index (χ4n) is 2.42. The number of aryl methyl sites for hydroxylation is 1. The minimum absolute atomic E-state index is 0.0701. The Hall–Kier alpha value is -3.42. The number of aromatic nitrogens is 2. The summed E-state index contributed by atoms with van der Waals surface area (Å²) in [6.45, 7) is 1.10. The number of benzene rings is 1. The van der Waals surface area contributed by atoms with Crippen molar-refractivity contribution in [3.8, 4) is 11.4 Å². The van der Waals surface area contributed by atoms with Gasteiger partial charge in [-0.2, -0.15) is 0 Å². The molecule has 0 bridgehead atoms. The fraction of sp³-hybridized carbons (Fsp3) is 0.176. The van der Waals surface area contributed by atoms with E-state index >= 15 is 0 Å². The smallest absolute Gasteiger partial charge is 0.395 e. The highest BCUT2D eigenvalue weighted by molar-refractivity contribution is 5.91. The molecule has 8 heteroatoms. The molecule has 128 valence electrons. The number of nitrogens with one attached hydrogen (secondary N) is 1. The van der Waals surface area contributed by atoms with Crippen LogP contribution in [0.4, 0.5) is 5.88 Å². The molecule has 0 unspecified atom stereocenters. The van der Waals surface area contributed by atoms with E-state index in [0.717, 1.165) is 17.5 Å². The van der Waals surface area contributed by atoms with Crippen LogP contribution in [0.1, 0.15) is 17.0 Å². The first kappa shape index (κ1) is 16.4. The van der Waals surface area contributed by atoms with Gasteiger partial charge in [-0.15, -0.1) is 0 Å². The summed E-state index contributed by atoms with van der Waals surface area (Å²) in [5.74, 6) is -0.119. The van der Waals surface area contributed by atoms with Gasteiger partial charge in [-0.25, -0.2) is 4.98 Å². The number of carbonyl (C=O) groups is 1. The zero-order valence-electron chi connectivity index (χ0n) is 13.3. The lowest BCUT2D eigenvalue weighted by Gasteiger charge is -2.08. The monoisotopic (exact) mass is 340 g/mol. The third kappa shape index (κ3) is 3.92. The number of hydrogen-bond acceptors (Lipinski definition) is 5. The Balaban J connectivity index is 1.51. The third-order valence-electron chi connectivity index (χ3n) is 3.60. The number of hydrogen-bond donors (Lipinski definition) is 1. The topological polar surface area (TPSA) is 103 Å². The van der Waals surface area contributed by atoms with Crippen LogP contribution in [0.2, 0.25) is 0 Å². The highest BCUT2D eigenvalue weighted by Crippen LogP contribution is 2.17. The fourth-order valence-corrected chi connectivity index (χ4v) is 2.42. The van der Waals surface area contributed by atoms with Gasteiger partial charge in [0.15, 0.2) is 5.76 Å². The minimum atomic E-state index is -0.680. The summed E-state index contributed by atoms with van der Waals surface area (Å²) >= 11 is 0. The predicted molar refractivity (Wildman–Crippen MR) is 90.0 cm³/mol. The van der Waals surface area contributed by atoms with E-state index in [0.29, 0.717) is 19.5 Å². The van der Waals surface area contributed by atoms with Gasteiger partial charge in [-0.1, -0.05) is 30.3 Å². The van der Waals surface area contributed by atoms with Gasteiger partial charge in [0.1, 0.15) is 10.7 Å². The lowest BCUT2D eigenvalue weighted by atomic mass is 10.2. The highest BCUT2D eigenvalue weighted by Gasteiger charge is 2.16. The first-order chi connectivity index (χ1) is 12.1. The molecule has 1 N–H and O–H groups in total. The molecule has 0 saturated heterocycles. The normalized spacial score (nSPS) is 10.6.